The van der Waals surface area contributed by atoms with Crippen LogP contribution >= 0.6 is 22.9 Å². The van der Waals surface area contributed by atoms with E-state index in [1.165, 1.54) is 0 Å². The molecule has 162 valence electrons. The number of hydrogen-bond acceptors (Lipinski definition) is 4. The van der Waals surface area contributed by atoms with Crippen molar-refractivity contribution in [1.29, 1.82) is 0 Å². The molecule has 0 saturated heterocycles. The fraction of sp³-hybridized carbons (Fsp3) is 0.0800. The third-order valence-corrected chi connectivity index (χ3v) is 7.22. The third kappa shape index (κ3) is 5.46. The Kier molecular flexibility index (Phi) is 6.74. The number of para-hydroxylation sites is 1. The average molecular weight is 482 g/mol. The fourth-order valence-corrected chi connectivity index (χ4v) is 5.43. The zero-order valence-electron chi connectivity index (χ0n) is 17.0. The highest BCUT2D eigenvalue weighted by Gasteiger charge is 2.19. The van der Waals surface area contributed by atoms with Gasteiger partial charge in [-0.3, -0.25) is 9.52 Å². The number of benzene rings is 3. The molecule has 1 N–H and O–H groups in total. The highest BCUT2D eigenvalue weighted by Crippen LogP contribution is 2.29. The Morgan fingerprint density at radius 2 is 1.72 bits per heavy atom. The molecule has 7 heteroatoms. The molecular weight excluding hydrogens is 462 g/mol. The van der Waals surface area contributed by atoms with Gasteiger partial charge in [-0.05, 0) is 75.5 Å². The lowest BCUT2D eigenvalue weighted by Crippen LogP contribution is -2.14. The number of hydrogen-bond donors (Lipinski definition) is 1. The van der Waals surface area contributed by atoms with Crippen LogP contribution in [0.5, 0.6) is 0 Å². The first-order chi connectivity index (χ1) is 15.4. The molecule has 3 aromatic carbocycles. The van der Waals surface area contributed by atoms with Crippen LogP contribution in [0.2, 0.25) is 5.02 Å². The van der Waals surface area contributed by atoms with Gasteiger partial charge >= 0.3 is 0 Å². The van der Waals surface area contributed by atoms with Gasteiger partial charge in [-0.1, -0.05) is 48.0 Å². The molecule has 1 heterocycles. The Morgan fingerprint density at radius 3 is 2.44 bits per heavy atom. The molecule has 0 aliphatic heterocycles. The fourth-order valence-electron chi connectivity index (χ4n) is 3.45. The molecule has 0 aliphatic rings. The molecule has 0 radical (unpaired) electrons. The van der Waals surface area contributed by atoms with Crippen LogP contribution in [0.1, 0.15) is 11.1 Å². The van der Waals surface area contributed by atoms with Crippen molar-refractivity contribution in [3.8, 4) is 11.1 Å². The van der Waals surface area contributed by atoms with Gasteiger partial charge in [0.2, 0.25) is 0 Å². The Bertz CT molecular complexity index is 1330. The summed E-state index contributed by atoms with van der Waals surface area (Å²) in [4.78, 5) is 13.0. The number of Topliss-reactive ketones (excluding diaryl/α,β-unsaturated/α-hetero) is 1. The number of rotatable bonds is 8. The summed E-state index contributed by atoms with van der Waals surface area (Å²) >= 11 is 7.58. The lowest BCUT2D eigenvalue weighted by Gasteiger charge is -2.13. The lowest BCUT2D eigenvalue weighted by atomic mass is 9.96. The van der Waals surface area contributed by atoms with E-state index in [0.717, 1.165) is 16.7 Å². The van der Waals surface area contributed by atoms with Crippen LogP contribution in [0, 0.1) is 0 Å². The molecular formula is C25H20ClNO3S2. The van der Waals surface area contributed by atoms with Crippen LogP contribution in [-0.2, 0) is 27.7 Å². The van der Waals surface area contributed by atoms with Gasteiger partial charge in [0.25, 0.3) is 10.0 Å². The van der Waals surface area contributed by atoms with E-state index in [9.17, 15) is 13.2 Å². The molecule has 1 aromatic heterocycles. The van der Waals surface area contributed by atoms with Gasteiger partial charge in [-0.2, -0.15) is 11.3 Å². The predicted octanol–water partition coefficient (Wildman–Crippen LogP) is 6.22. The summed E-state index contributed by atoms with van der Waals surface area (Å²) < 4.78 is 28.5. The van der Waals surface area contributed by atoms with Gasteiger partial charge < -0.3 is 0 Å². The zero-order chi connectivity index (χ0) is 22.6. The van der Waals surface area contributed by atoms with Crippen LogP contribution in [0.4, 0.5) is 5.69 Å². The van der Waals surface area contributed by atoms with Crippen molar-refractivity contribution in [2.75, 3.05) is 4.72 Å². The maximum Gasteiger partial charge on any atom is 0.261 e. The summed E-state index contributed by atoms with van der Waals surface area (Å²) in [5.74, 6) is -0.0192. The zero-order valence-corrected chi connectivity index (χ0v) is 19.4. The normalized spacial score (nSPS) is 11.3. The molecule has 0 bridgehead atoms. The molecule has 0 spiro atoms. The van der Waals surface area contributed by atoms with Crippen molar-refractivity contribution in [2.24, 2.45) is 0 Å². The smallest absolute Gasteiger partial charge is 0.261 e. The van der Waals surface area contributed by atoms with E-state index in [-0.39, 0.29) is 23.5 Å². The number of carbonyl (C=O) groups excluding carboxylic acids is 1. The minimum absolute atomic E-state index is 0.0192. The number of carbonyl (C=O) groups is 1. The SMILES string of the molecule is O=C(Cc1cccc(Cl)c1)Cc1cc(S(=O)(=O)Nc2ccccc2)ccc1-c1ccsc1. The molecule has 4 nitrogen and oxygen atoms in total. The highest BCUT2D eigenvalue weighted by molar-refractivity contribution is 7.92. The van der Waals surface area contributed by atoms with Crippen LogP contribution in [-0.4, -0.2) is 14.2 Å². The number of sulfonamides is 1. The first kappa shape index (κ1) is 22.3. The van der Waals surface area contributed by atoms with E-state index in [0.29, 0.717) is 16.3 Å². The molecule has 0 aliphatic carbocycles. The number of halogens is 1. The van der Waals surface area contributed by atoms with Gasteiger partial charge in [0.15, 0.2) is 0 Å². The van der Waals surface area contributed by atoms with E-state index in [1.807, 2.05) is 35.0 Å². The van der Waals surface area contributed by atoms with Crippen molar-refractivity contribution >= 4 is 44.4 Å². The predicted molar refractivity (Wildman–Crippen MR) is 131 cm³/mol. The van der Waals surface area contributed by atoms with Gasteiger partial charge in [-0.25, -0.2) is 8.42 Å². The van der Waals surface area contributed by atoms with Crippen molar-refractivity contribution in [1.82, 2.24) is 0 Å². The molecule has 4 rings (SSSR count). The number of ketones is 1. The van der Waals surface area contributed by atoms with E-state index in [1.54, 1.807) is 65.9 Å². The summed E-state index contributed by atoms with van der Waals surface area (Å²) in [5, 5.41) is 4.51. The van der Waals surface area contributed by atoms with Crippen LogP contribution in [0.15, 0.2) is 94.5 Å². The van der Waals surface area contributed by atoms with Crippen molar-refractivity contribution in [2.45, 2.75) is 17.7 Å². The molecule has 0 saturated carbocycles. The van der Waals surface area contributed by atoms with Crippen molar-refractivity contribution < 1.29 is 13.2 Å². The van der Waals surface area contributed by atoms with Gasteiger partial charge in [0.1, 0.15) is 5.78 Å². The molecule has 32 heavy (non-hydrogen) atoms. The Labute approximate surface area is 196 Å². The Balaban J connectivity index is 1.65. The largest absolute Gasteiger partial charge is 0.299 e. The second-order valence-corrected chi connectivity index (χ2v) is 10.2. The summed E-state index contributed by atoms with van der Waals surface area (Å²) in [6.45, 7) is 0. The quantitative estimate of drug-likeness (QED) is 0.324. The summed E-state index contributed by atoms with van der Waals surface area (Å²) in [7, 11) is -3.80. The summed E-state index contributed by atoms with van der Waals surface area (Å²) in [6.07, 6.45) is 0.343. The molecule has 0 atom stereocenters. The number of thiophene rings is 1. The standard InChI is InChI=1S/C25H20ClNO3S2/c26-21-6-4-5-18(13-21)14-23(28)15-20-16-24(9-10-25(20)19-11-12-31-17-19)32(29,30)27-22-7-2-1-3-8-22/h1-13,16-17,27H,14-15H2. The first-order valence-corrected chi connectivity index (χ1v) is 12.7. The molecule has 0 amide bonds. The van der Waals surface area contributed by atoms with Crippen LogP contribution < -0.4 is 4.72 Å². The maximum atomic E-state index is 13.0. The molecule has 0 fully saturated rings. The first-order valence-electron chi connectivity index (χ1n) is 9.90. The highest BCUT2D eigenvalue weighted by atomic mass is 35.5. The topological polar surface area (TPSA) is 63.2 Å². The van der Waals surface area contributed by atoms with Crippen molar-refractivity contribution in [3.63, 3.8) is 0 Å². The van der Waals surface area contributed by atoms with Crippen LogP contribution in [0.3, 0.4) is 0 Å². The van der Waals surface area contributed by atoms with E-state index in [2.05, 4.69) is 4.72 Å². The molecule has 0 unspecified atom stereocenters. The number of anilines is 1. The second-order valence-electron chi connectivity index (χ2n) is 7.32. The maximum absolute atomic E-state index is 13.0. The minimum atomic E-state index is -3.80. The minimum Gasteiger partial charge on any atom is -0.299 e. The Morgan fingerprint density at radius 1 is 0.906 bits per heavy atom. The summed E-state index contributed by atoms with van der Waals surface area (Å²) in [6, 6.07) is 22.8. The monoisotopic (exact) mass is 481 g/mol. The van der Waals surface area contributed by atoms with E-state index >= 15 is 0 Å². The average Bonchev–Trinajstić information content (AvgIpc) is 3.29. The Hall–Kier alpha value is -2.93. The molecule has 4 aromatic rings. The third-order valence-electron chi connectivity index (χ3n) is 4.92. The van der Waals surface area contributed by atoms with Gasteiger partial charge in [0, 0.05) is 23.6 Å². The summed E-state index contributed by atoms with van der Waals surface area (Å²) in [5.41, 5.74) is 3.79. The number of nitrogens with one attached hydrogen (secondary N) is 1. The van der Waals surface area contributed by atoms with E-state index in [4.69, 9.17) is 11.6 Å². The van der Waals surface area contributed by atoms with Gasteiger partial charge in [0.05, 0.1) is 4.90 Å². The van der Waals surface area contributed by atoms with Crippen LogP contribution in [0.25, 0.3) is 11.1 Å². The van der Waals surface area contributed by atoms with E-state index < -0.39 is 10.0 Å². The van der Waals surface area contributed by atoms with Gasteiger partial charge in [-0.15, -0.1) is 0 Å². The second kappa shape index (κ2) is 9.69. The van der Waals surface area contributed by atoms with Crippen molar-refractivity contribution in [3.05, 3.63) is 106 Å². The lowest BCUT2D eigenvalue weighted by molar-refractivity contribution is -0.117.